The second-order valence-corrected chi connectivity index (χ2v) is 3.41. The SMILES string of the molecule is OC(CCl)COCC(F)(F)C(F)(F)C(F)(F)F. The molecule has 0 bridgehead atoms. The zero-order valence-corrected chi connectivity index (χ0v) is 8.83. The number of ether oxygens (including phenoxy) is 1. The number of rotatable bonds is 6. The smallest absolute Gasteiger partial charge is 0.389 e. The Bertz CT molecular complexity index is 243. The van der Waals surface area contributed by atoms with E-state index in [0.717, 1.165) is 0 Å². The summed E-state index contributed by atoms with van der Waals surface area (Å²) in [5, 5.41) is 8.71. The monoisotopic (exact) mass is 292 g/mol. The molecule has 0 aliphatic carbocycles. The summed E-state index contributed by atoms with van der Waals surface area (Å²) in [6.07, 6.45) is -7.81. The zero-order chi connectivity index (χ0) is 13.9. The van der Waals surface area contributed by atoms with Gasteiger partial charge in [0.05, 0.1) is 18.6 Å². The first kappa shape index (κ1) is 16.7. The Kier molecular flexibility index (Phi) is 5.48. The summed E-state index contributed by atoms with van der Waals surface area (Å²) >= 11 is 5.02. The van der Waals surface area contributed by atoms with Crippen LogP contribution in [0.4, 0.5) is 30.7 Å². The highest BCUT2D eigenvalue weighted by atomic mass is 35.5. The fraction of sp³-hybridized carbons (Fsp3) is 1.00. The van der Waals surface area contributed by atoms with Crippen LogP contribution in [0.3, 0.4) is 0 Å². The Morgan fingerprint density at radius 1 is 1.06 bits per heavy atom. The minimum Gasteiger partial charge on any atom is -0.389 e. The molecule has 10 heteroatoms. The molecular weight excluding hydrogens is 285 g/mol. The van der Waals surface area contributed by atoms with Gasteiger partial charge in [-0.05, 0) is 0 Å². The summed E-state index contributed by atoms with van der Waals surface area (Å²) in [4.78, 5) is 0. The molecule has 0 aromatic rings. The highest BCUT2D eigenvalue weighted by Crippen LogP contribution is 2.46. The van der Waals surface area contributed by atoms with Gasteiger partial charge in [-0.1, -0.05) is 0 Å². The Hall–Kier alpha value is -0.280. The zero-order valence-electron chi connectivity index (χ0n) is 8.08. The van der Waals surface area contributed by atoms with Crippen molar-refractivity contribution in [1.29, 1.82) is 0 Å². The van der Waals surface area contributed by atoms with Gasteiger partial charge in [0, 0.05) is 0 Å². The standard InChI is InChI=1S/C7H8ClF7O2/c8-1-4(16)2-17-3-5(9,10)6(11,12)7(13,14)15/h4,16H,1-3H2. The van der Waals surface area contributed by atoms with Crippen molar-refractivity contribution >= 4 is 11.6 Å². The third-order valence-electron chi connectivity index (χ3n) is 1.59. The van der Waals surface area contributed by atoms with Crippen LogP contribution in [0.5, 0.6) is 0 Å². The number of aliphatic hydroxyl groups excluding tert-OH is 1. The van der Waals surface area contributed by atoms with Crippen molar-refractivity contribution in [3.8, 4) is 0 Å². The third kappa shape index (κ3) is 4.14. The normalized spacial score (nSPS) is 16.1. The van der Waals surface area contributed by atoms with E-state index in [1.54, 1.807) is 0 Å². The molecule has 104 valence electrons. The number of halogens is 8. The molecule has 0 spiro atoms. The first-order valence-electron chi connectivity index (χ1n) is 4.10. The Labute approximate surface area is 96.3 Å². The number of alkyl halides is 8. The molecule has 0 heterocycles. The fourth-order valence-electron chi connectivity index (χ4n) is 0.666. The number of hydrogen-bond donors (Lipinski definition) is 1. The van der Waals surface area contributed by atoms with Gasteiger partial charge < -0.3 is 9.84 Å². The van der Waals surface area contributed by atoms with E-state index in [4.69, 9.17) is 16.7 Å². The number of hydrogen-bond acceptors (Lipinski definition) is 2. The summed E-state index contributed by atoms with van der Waals surface area (Å²) in [5.74, 6) is -12.1. The van der Waals surface area contributed by atoms with Crippen molar-refractivity contribution in [3.63, 3.8) is 0 Å². The van der Waals surface area contributed by atoms with Gasteiger partial charge in [-0.25, -0.2) is 0 Å². The predicted octanol–water partition coefficient (Wildman–Crippen LogP) is 2.44. The third-order valence-corrected chi connectivity index (χ3v) is 1.94. The summed E-state index contributed by atoms with van der Waals surface area (Å²) in [6, 6.07) is 0. The maximum absolute atomic E-state index is 12.5. The molecule has 0 rings (SSSR count). The molecule has 0 saturated carbocycles. The highest BCUT2D eigenvalue weighted by molar-refractivity contribution is 6.18. The van der Waals surface area contributed by atoms with E-state index in [2.05, 4.69) is 4.74 Å². The molecule has 0 fully saturated rings. The highest BCUT2D eigenvalue weighted by Gasteiger charge is 2.72. The molecule has 1 unspecified atom stereocenters. The van der Waals surface area contributed by atoms with E-state index in [1.807, 2.05) is 0 Å². The molecule has 0 saturated heterocycles. The van der Waals surface area contributed by atoms with Gasteiger partial charge in [-0.15, -0.1) is 11.6 Å². The molecule has 2 nitrogen and oxygen atoms in total. The summed E-state index contributed by atoms with van der Waals surface area (Å²) in [5.41, 5.74) is 0. The van der Waals surface area contributed by atoms with Crippen molar-refractivity contribution in [2.75, 3.05) is 19.1 Å². The van der Waals surface area contributed by atoms with Crippen LogP contribution >= 0.6 is 11.6 Å². The van der Waals surface area contributed by atoms with Gasteiger partial charge in [0.2, 0.25) is 0 Å². The van der Waals surface area contributed by atoms with Crippen molar-refractivity contribution in [1.82, 2.24) is 0 Å². The van der Waals surface area contributed by atoms with Crippen LogP contribution in [-0.2, 0) is 4.74 Å². The van der Waals surface area contributed by atoms with E-state index in [1.165, 1.54) is 0 Å². The molecular formula is C7H8ClF7O2. The Morgan fingerprint density at radius 3 is 1.88 bits per heavy atom. The lowest BCUT2D eigenvalue weighted by atomic mass is 10.2. The van der Waals surface area contributed by atoms with Gasteiger partial charge in [-0.2, -0.15) is 30.7 Å². The maximum Gasteiger partial charge on any atom is 0.459 e. The van der Waals surface area contributed by atoms with Crippen LogP contribution in [0.1, 0.15) is 0 Å². The first-order valence-corrected chi connectivity index (χ1v) is 4.63. The minimum atomic E-state index is -6.38. The van der Waals surface area contributed by atoms with E-state index in [0.29, 0.717) is 0 Å². The fourth-order valence-corrected chi connectivity index (χ4v) is 0.755. The van der Waals surface area contributed by atoms with Crippen LogP contribution in [0, 0.1) is 0 Å². The predicted molar refractivity (Wildman–Crippen MR) is 43.5 cm³/mol. The molecule has 17 heavy (non-hydrogen) atoms. The molecule has 0 aliphatic rings. The van der Waals surface area contributed by atoms with Crippen LogP contribution in [0.15, 0.2) is 0 Å². The quantitative estimate of drug-likeness (QED) is 0.602. The molecule has 1 atom stereocenters. The van der Waals surface area contributed by atoms with E-state index >= 15 is 0 Å². The van der Waals surface area contributed by atoms with Crippen molar-refractivity contribution in [3.05, 3.63) is 0 Å². The summed E-state index contributed by atoms with van der Waals surface area (Å²) in [6.45, 7) is -3.04. The molecule has 0 amide bonds. The van der Waals surface area contributed by atoms with Gasteiger partial charge in [-0.3, -0.25) is 0 Å². The van der Waals surface area contributed by atoms with E-state index in [9.17, 15) is 30.7 Å². The van der Waals surface area contributed by atoms with Crippen LogP contribution in [0.25, 0.3) is 0 Å². The van der Waals surface area contributed by atoms with Crippen LogP contribution in [-0.4, -0.2) is 48.3 Å². The second kappa shape index (κ2) is 5.57. The maximum atomic E-state index is 12.5. The molecule has 0 radical (unpaired) electrons. The molecule has 0 aromatic carbocycles. The lowest BCUT2D eigenvalue weighted by molar-refractivity contribution is -0.361. The lowest BCUT2D eigenvalue weighted by Crippen LogP contribution is -2.54. The van der Waals surface area contributed by atoms with Crippen molar-refractivity contribution in [2.24, 2.45) is 0 Å². The minimum absolute atomic E-state index is 0.429. The topological polar surface area (TPSA) is 29.5 Å². The molecule has 0 aliphatic heterocycles. The lowest BCUT2D eigenvalue weighted by Gasteiger charge is -2.28. The number of aliphatic hydroxyl groups is 1. The van der Waals surface area contributed by atoms with E-state index in [-0.39, 0.29) is 0 Å². The van der Waals surface area contributed by atoms with Gasteiger partial charge in [0.15, 0.2) is 0 Å². The largest absolute Gasteiger partial charge is 0.459 e. The van der Waals surface area contributed by atoms with Gasteiger partial charge >= 0.3 is 18.0 Å². The van der Waals surface area contributed by atoms with Gasteiger partial charge in [0.25, 0.3) is 0 Å². The van der Waals surface area contributed by atoms with Crippen molar-refractivity contribution < 1.29 is 40.6 Å². The van der Waals surface area contributed by atoms with Gasteiger partial charge in [0.1, 0.15) is 6.61 Å². The molecule has 0 aromatic heterocycles. The first-order chi connectivity index (χ1) is 7.45. The Morgan fingerprint density at radius 2 is 1.53 bits per heavy atom. The van der Waals surface area contributed by atoms with E-state index < -0.39 is 43.2 Å². The summed E-state index contributed by atoms with van der Waals surface area (Å²) < 4.78 is 88.4. The van der Waals surface area contributed by atoms with Crippen LogP contribution in [0.2, 0.25) is 0 Å². The second-order valence-electron chi connectivity index (χ2n) is 3.10. The van der Waals surface area contributed by atoms with Crippen LogP contribution < -0.4 is 0 Å². The molecule has 1 N–H and O–H groups in total. The van der Waals surface area contributed by atoms with Crippen molar-refractivity contribution in [2.45, 2.75) is 24.1 Å². The average Bonchev–Trinajstić information content (AvgIpc) is 2.15. The summed E-state index contributed by atoms with van der Waals surface area (Å²) in [7, 11) is 0. The average molecular weight is 293 g/mol. The Balaban J connectivity index is 4.47.